The predicted molar refractivity (Wildman–Crippen MR) is 265 cm³/mol. The van der Waals surface area contributed by atoms with Gasteiger partial charge in [0.05, 0.1) is 36.2 Å². The second-order valence-corrected chi connectivity index (χ2v) is 24.7. The first kappa shape index (κ1) is 42.9. The molecular formula is C57H59IrN3OSi-2. The Labute approximate surface area is 392 Å². The Kier molecular flexibility index (Phi) is 12.3. The summed E-state index contributed by atoms with van der Waals surface area (Å²) in [4.78, 5) is 9.92. The standard InChI is InChI=1S/C35H27N2O.C22H32NSi.Ir/c1-35(2,3)28-19-12-16-24(23-13-5-4-6-14-23)32(28)37-30-21-9-8-20-29(30)36-34(37)27-18-11-17-26-25-15-7-10-22-31(25)38-33(26)27;1-16(2)12-18-14-20(23-15-21(18)24(6,7)8)17-10-9-11-19(13-17)22(3,4)5;/h4-17,19-22H,1-3H3;9,11,13-16H,12H2,1-8H3;/q2*-1;/i;12D2;. The maximum Gasteiger partial charge on any atom is 0.120 e. The van der Waals surface area contributed by atoms with Crippen LogP contribution in [0.1, 0.15) is 74.8 Å². The number of rotatable bonds is 7. The molecule has 0 aliphatic heterocycles. The number of para-hydroxylation sites is 4. The van der Waals surface area contributed by atoms with Crippen molar-refractivity contribution in [3.8, 4) is 39.5 Å². The van der Waals surface area contributed by atoms with Crippen LogP contribution in [0.5, 0.6) is 0 Å². The third-order valence-corrected chi connectivity index (χ3v) is 13.4. The average molecular weight is 1020 g/mol. The number of pyridine rings is 1. The number of fused-ring (bicyclic) bond motifs is 4. The van der Waals surface area contributed by atoms with Crippen molar-refractivity contribution in [3.63, 3.8) is 0 Å². The van der Waals surface area contributed by atoms with Gasteiger partial charge in [-0.1, -0.05) is 176 Å². The Morgan fingerprint density at radius 2 is 1.44 bits per heavy atom. The predicted octanol–water partition coefficient (Wildman–Crippen LogP) is 14.9. The summed E-state index contributed by atoms with van der Waals surface area (Å²) in [6.07, 6.45) is 0.531. The smallest absolute Gasteiger partial charge is 0.120 e. The van der Waals surface area contributed by atoms with Crippen LogP contribution in [0.15, 0.2) is 144 Å². The number of aromatic nitrogens is 3. The second-order valence-electron chi connectivity index (χ2n) is 19.7. The van der Waals surface area contributed by atoms with Gasteiger partial charge in [-0.05, 0) is 63.3 Å². The summed E-state index contributed by atoms with van der Waals surface area (Å²) >= 11 is 0. The minimum absolute atomic E-state index is 0. The van der Waals surface area contributed by atoms with Crippen molar-refractivity contribution in [2.45, 2.75) is 92.2 Å². The topological polar surface area (TPSA) is 43.9 Å². The van der Waals surface area contributed by atoms with Crippen molar-refractivity contribution >= 4 is 46.2 Å². The molecule has 6 heteroatoms. The molecule has 4 nitrogen and oxygen atoms in total. The van der Waals surface area contributed by atoms with Crippen molar-refractivity contribution in [1.82, 2.24) is 14.5 Å². The third-order valence-electron chi connectivity index (χ3n) is 11.4. The molecule has 0 bridgehead atoms. The van der Waals surface area contributed by atoms with Crippen molar-refractivity contribution < 1.29 is 27.3 Å². The van der Waals surface area contributed by atoms with Crippen LogP contribution in [0.25, 0.3) is 72.4 Å². The molecular weight excluding hydrogens is 963 g/mol. The largest absolute Gasteiger partial charge is 0.501 e. The first-order valence-corrected chi connectivity index (χ1v) is 25.3. The van der Waals surface area contributed by atoms with Crippen LogP contribution in [0.3, 0.4) is 0 Å². The van der Waals surface area contributed by atoms with Gasteiger partial charge in [0.2, 0.25) is 0 Å². The molecule has 323 valence electrons. The summed E-state index contributed by atoms with van der Waals surface area (Å²) in [5, 5.41) is 3.27. The summed E-state index contributed by atoms with van der Waals surface area (Å²) in [7, 11) is -1.71. The summed E-state index contributed by atoms with van der Waals surface area (Å²) < 4.78 is 26.2. The summed E-state index contributed by atoms with van der Waals surface area (Å²) in [5.41, 5.74) is 13.0. The number of imidazole rings is 1. The molecule has 63 heavy (non-hydrogen) atoms. The zero-order valence-corrected chi connectivity index (χ0v) is 41.8. The van der Waals surface area contributed by atoms with Gasteiger partial charge >= 0.3 is 0 Å². The Balaban J connectivity index is 0.000000206. The van der Waals surface area contributed by atoms with E-state index in [1.807, 2.05) is 56.4 Å². The van der Waals surface area contributed by atoms with Gasteiger partial charge in [-0.3, -0.25) is 4.98 Å². The summed E-state index contributed by atoms with van der Waals surface area (Å²) in [6.45, 7) is 24.0. The molecule has 9 rings (SSSR count). The number of furan rings is 1. The van der Waals surface area contributed by atoms with Gasteiger partial charge in [0.25, 0.3) is 0 Å². The Bertz CT molecular complexity index is 3130. The summed E-state index contributed by atoms with van der Waals surface area (Å²) in [6, 6.07) is 52.8. The van der Waals surface area contributed by atoms with E-state index in [2.05, 4.69) is 175 Å². The van der Waals surface area contributed by atoms with Crippen LogP contribution < -0.4 is 5.19 Å². The van der Waals surface area contributed by atoms with Gasteiger partial charge in [0.15, 0.2) is 0 Å². The number of hydrogen-bond donors (Lipinski definition) is 0. The molecule has 3 heterocycles. The average Bonchev–Trinajstić information content (AvgIpc) is 3.84. The monoisotopic (exact) mass is 1020 g/mol. The van der Waals surface area contributed by atoms with Crippen molar-refractivity contribution in [3.05, 3.63) is 168 Å². The minimum Gasteiger partial charge on any atom is -0.501 e. The molecule has 3 aromatic heterocycles. The van der Waals surface area contributed by atoms with Gasteiger partial charge in [-0.25, -0.2) is 0 Å². The molecule has 0 saturated heterocycles. The van der Waals surface area contributed by atoms with Crippen LogP contribution in [-0.2, 0) is 37.3 Å². The van der Waals surface area contributed by atoms with E-state index in [4.69, 9.17) is 17.1 Å². The molecule has 0 aliphatic carbocycles. The molecule has 0 saturated carbocycles. The molecule has 0 unspecified atom stereocenters. The van der Waals surface area contributed by atoms with E-state index in [-0.39, 0.29) is 36.9 Å². The second kappa shape index (κ2) is 18.0. The van der Waals surface area contributed by atoms with E-state index in [0.29, 0.717) is 0 Å². The van der Waals surface area contributed by atoms with E-state index in [1.54, 1.807) is 0 Å². The molecule has 0 fully saturated rings. The maximum absolute atomic E-state index is 8.69. The van der Waals surface area contributed by atoms with E-state index in [9.17, 15) is 0 Å². The molecule has 0 aliphatic rings. The van der Waals surface area contributed by atoms with Gasteiger partial charge in [-0.2, -0.15) is 0 Å². The minimum atomic E-state index is -1.71. The molecule has 0 spiro atoms. The van der Waals surface area contributed by atoms with Crippen molar-refractivity contribution in [2.75, 3.05) is 0 Å². The maximum atomic E-state index is 8.69. The zero-order chi connectivity index (χ0) is 45.8. The van der Waals surface area contributed by atoms with Crippen LogP contribution in [0.2, 0.25) is 19.6 Å². The van der Waals surface area contributed by atoms with Crippen LogP contribution in [0, 0.1) is 18.1 Å². The fourth-order valence-electron chi connectivity index (χ4n) is 8.23. The van der Waals surface area contributed by atoms with Crippen LogP contribution >= 0.6 is 0 Å². The van der Waals surface area contributed by atoms with Gasteiger partial charge in [-0.15, -0.1) is 53.6 Å². The normalized spacial score (nSPS) is 12.8. The molecule has 0 atom stereocenters. The van der Waals surface area contributed by atoms with E-state index >= 15 is 0 Å². The van der Waals surface area contributed by atoms with Gasteiger partial charge in [0, 0.05) is 40.0 Å². The van der Waals surface area contributed by atoms with Gasteiger partial charge in [0.1, 0.15) is 5.58 Å². The van der Waals surface area contributed by atoms with Crippen LogP contribution in [0.4, 0.5) is 0 Å². The molecule has 0 N–H and O–H groups in total. The summed E-state index contributed by atoms with van der Waals surface area (Å²) in [5.74, 6) is 0.725. The third kappa shape index (κ3) is 9.46. The fraction of sp³-hybridized carbons (Fsp3) is 0.263. The van der Waals surface area contributed by atoms with Gasteiger partial charge < -0.3 is 14.0 Å². The molecule has 9 aromatic rings. The van der Waals surface area contributed by atoms with E-state index in [0.717, 1.165) is 72.1 Å². The Hall–Kier alpha value is -5.39. The Morgan fingerprint density at radius 3 is 2.16 bits per heavy atom. The fourth-order valence-corrected chi connectivity index (χ4v) is 9.63. The molecule has 1 radical (unpaired) electrons. The van der Waals surface area contributed by atoms with Crippen molar-refractivity contribution in [1.29, 1.82) is 0 Å². The van der Waals surface area contributed by atoms with E-state index < -0.39 is 14.4 Å². The SMILES string of the molecule is CC(C)(C)c1cccc(-c2ccccc2)c1-n1c(-c2[c-]ccc3c2oc2ccccc23)nc2ccccc21.[2H]C([2H])(c1cc(-c2[c-]ccc(C(C)(C)C)c2)ncc1[Si](C)(C)C)C(C)C.[Ir]. The van der Waals surface area contributed by atoms with Crippen molar-refractivity contribution in [2.24, 2.45) is 5.92 Å². The number of hydrogen-bond acceptors (Lipinski definition) is 3. The number of benzene rings is 6. The van der Waals surface area contributed by atoms with Crippen LogP contribution in [-0.4, -0.2) is 22.6 Å². The first-order valence-electron chi connectivity index (χ1n) is 22.8. The molecule has 0 amide bonds. The van der Waals surface area contributed by atoms with E-state index in [1.165, 1.54) is 22.3 Å². The molecule has 6 aromatic carbocycles. The Morgan fingerprint density at radius 1 is 0.746 bits per heavy atom. The quantitative estimate of drug-likeness (QED) is 0.118. The number of nitrogens with zero attached hydrogens (tertiary/aromatic N) is 3. The first-order chi connectivity index (χ1) is 30.2. The zero-order valence-electron chi connectivity index (χ0n) is 40.4.